The van der Waals surface area contributed by atoms with Gasteiger partial charge >= 0.3 is 11.6 Å². The van der Waals surface area contributed by atoms with E-state index in [2.05, 4.69) is 5.10 Å². The summed E-state index contributed by atoms with van der Waals surface area (Å²) in [6, 6.07) is 0. The molecule has 0 saturated carbocycles. The highest BCUT2D eigenvalue weighted by atomic mass is 35.5. The standard InChI is InChI=1S/C4H3ClFN3O2/c1-8-3(5)2(9(10)11)4(6)7-8/h1H3. The maximum atomic E-state index is 12.5. The van der Waals surface area contributed by atoms with Crippen LogP contribution in [-0.2, 0) is 7.05 Å². The van der Waals surface area contributed by atoms with Crippen LogP contribution in [0.5, 0.6) is 0 Å². The van der Waals surface area contributed by atoms with Gasteiger partial charge in [0.05, 0.1) is 4.92 Å². The lowest BCUT2D eigenvalue weighted by Crippen LogP contribution is -1.90. The second-order valence-corrected chi connectivity index (χ2v) is 2.17. The first-order chi connectivity index (χ1) is 5.04. The first-order valence-electron chi connectivity index (χ1n) is 2.56. The summed E-state index contributed by atoms with van der Waals surface area (Å²) >= 11 is 5.33. The number of aromatic nitrogens is 2. The lowest BCUT2D eigenvalue weighted by atomic mass is 10.6. The molecule has 0 aromatic carbocycles. The van der Waals surface area contributed by atoms with Crippen LogP contribution in [0.15, 0.2) is 0 Å². The number of hydrogen-bond donors (Lipinski definition) is 0. The molecule has 0 atom stereocenters. The van der Waals surface area contributed by atoms with Crippen LogP contribution in [-0.4, -0.2) is 14.7 Å². The molecule has 0 spiro atoms. The topological polar surface area (TPSA) is 61.0 Å². The molecule has 0 radical (unpaired) electrons. The number of hydrogen-bond acceptors (Lipinski definition) is 3. The summed E-state index contributed by atoms with van der Waals surface area (Å²) < 4.78 is 13.4. The van der Waals surface area contributed by atoms with Crippen LogP contribution >= 0.6 is 11.6 Å². The Labute approximate surface area is 65.5 Å². The molecule has 0 fully saturated rings. The fourth-order valence-corrected chi connectivity index (χ4v) is 0.797. The van der Waals surface area contributed by atoms with Gasteiger partial charge in [-0.25, -0.2) is 4.68 Å². The summed E-state index contributed by atoms with van der Waals surface area (Å²) in [6.07, 6.45) is 0. The van der Waals surface area contributed by atoms with Crippen molar-refractivity contribution in [2.75, 3.05) is 0 Å². The summed E-state index contributed by atoms with van der Waals surface area (Å²) in [4.78, 5) is 9.17. The van der Waals surface area contributed by atoms with Gasteiger partial charge in [0.1, 0.15) is 0 Å². The second-order valence-electron chi connectivity index (χ2n) is 1.81. The maximum Gasteiger partial charge on any atom is 0.362 e. The van der Waals surface area contributed by atoms with Crippen molar-refractivity contribution in [3.8, 4) is 0 Å². The number of halogens is 2. The van der Waals surface area contributed by atoms with Crippen LogP contribution in [0.3, 0.4) is 0 Å². The van der Waals surface area contributed by atoms with E-state index in [1.54, 1.807) is 0 Å². The Morgan fingerprint density at radius 2 is 2.36 bits per heavy atom. The highest BCUT2D eigenvalue weighted by Gasteiger charge is 2.25. The van der Waals surface area contributed by atoms with Gasteiger partial charge in [0, 0.05) is 7.05 Å². The normalized spacial score (nSPS) is 10.1. The Kier molecular flexibility index (Phi) is 1.77. The van der Waals surface area contributed by atoms with E-state index in [0.717, 1.165) is 4.68 Å². The molecule has 1 aromatic rings. The number of nitro groups is 1. The van der Waals surface area contributed by atoms with Crippen LogP contribution in [0.1, 0.15) is 0 Å². The van der Waals surface area contributed by atoms with Gasteiger partial charge in [0.2, 0.25) is 5.15 Å². The summed E-state index contributed by atoms with van der Waals surface area (Å²) in [5, 5.41) is 12.9. The van der Waals surface area contributed by atoms with E-state index >= 15 is 0 Å². The van der Waals surface area contributed by atoms with Gasteiger partial charge in [-0.3, -0.25) is 10.1 Å². The largest absolute Gasteiger partial charge is 0.362 e. The Morgan fingerprint density at radius 1 is 1.82 bits per heavy atom. The lowest BCUT2D eigenvalue weighted by molar-refractivity contribution is -0.387. The molecule has 60 valence electrons. The molecule has 5 nitrogen and oxygen atoms in total. The van der Waals surface area contributed by atoms with Crippen molar-refractivity contribution in [3.05, 3.63) is 21.2 Å². The molecular weight excluding hydrogens is 177 g/mol. The molecule has 0 N–H and O–H groups in total. The van der Waals surface area contributed by atoms with Crippen molar-refractivity contribution >= 4 is 17.3 Å². The SMILES string of the molecule is Cn1nc(F)c([N+](=O)[O-])c1Cl. The molecule has 0 aliphatic carbocycles. The van der Waals surface area contributed by atoms with E-state index in [0.29, 0.717) is 0 Å². The third-order valence-corrected chi connectivity index (χ3v) is 1.52. The van der Waals surface area contributed by atoms with Crippen molar-refractivity contribution in [2.45, 2.75) is 0 Å². The Hall–Kier alpha value is -1.17. The van der Waals surface area contributed by atoms with Gasteiger partial charge in [-0.1, -0.05) is 11.6 Å². The van der Waals surface area contributed by atoms with E-state index in [-0.39, 0.29) is 5.15 Å². The molecule has 0 unspecified atom stereocenters. The summed E-state index contributed by atoms with van der Waals surface area (Å²) in [6.45, 7) is 0. The van der Waals surface area contributed by atoms with Crippen LogP contribution in [0.25, 0.3) is 0 Å². The molecular formula is C4H3ClFN3O2. The number of aryl methyl sites for hydroxylation is 1. The third-order valence-electron chi connectivity index (χ3n) is 1.10. The van der Waals surface area contributed by atoms with Gasteiger partial charge in [-0.15, -0.1) is 5.10 Å². The molecule has 11 heavy (non-hydrogen) atoms. The minimum Gasteiger partial charge on any atom is -0.258 e. The van der Waals surface area contributed by atoms with Gasteiger partial charge in [0.25, 0.3) is 0 Å². The highest BCUT2D eigenvalue weighted by Crippen LogP contribution is 2.25. The minimum absolute atomic E-state index is 0.312. The number of rotatable bonds is 1. The van der Waals surface area contributed by atoms with Crippen molar-refractivity contribution in [1.82, 2.24) is 9.78 Å². The van der Waals surface area contributed by atoms with Crippen molar-refractivity contribution in [3.63, 3.8) is 0 Å². The van der Waals surface area contributed by atoms with Crippen LogP contribution in [0.2, 0.25) is 5.15 Å². The van der Waals surface area contributed by atoms with Gasteiger partial charge < -0.3 is 0 Å². The molecule has 0 bridgehead atoms. The zero-order chi connectivity index (χ0) is 8.59. The summed E-state index contributed by atoms with van der Waals surface area (Å²) in [5.74, 6) is -1.16. The van der Waals surface area contributed by atoms with E-state index < -0.39 is 16.6 Å². The quantitative estimate of drug-likeness (QED) is 0.479. The van der Waals surface area contributed by atoms with Gasteiger partial charge in [-0.05, 0) is 0 Å². The molecule has 0 saturated heterocycles. The molecule has 1 aromatic heterocycles. The van der Waals surface area contributed by atoms with Crippen LogP contribution in [0.4, 0.5) is 10.1 Å². The fraction of sp³-hybridized carbons (Fsp3) is 0.250. The predicted octanol–water partition coefficient (Wildman–Crippen LogP) is 1.12. The third kappa shape index (κ3) is 1.16. The van der Waals surface area contributed by atoms with E-state index in [4.69, 9.17) is 11.6 Å². The molecule has 0 amide bonds. The molecule has 7 heteroatoms. The van der Waals surface area contributed by atoms with E-state index in [1.165, 1.54) is 7.05 Å². The molecule has 0 aliphatic rings. The second kappa shape index (κ2) is 2.46. The van der Waals surface area contributed by atoms with Gasteiger partial charge in [0.15, 0.2) is 0 Å². The molecule has 1 rings (SSSR count). The lowest BCUT2D eigenvalue weighted by Gasteiger charge is -1.86. The average Bonchev–Trinajstić information content (AvgIpc) is 2.07. The zero-order valence-corrected chi connectivity index (χ0v) is 6.17. The van der Waals surface area contributed by atoms with Crippen molar-refractivity contribution in [1.29, 1.82) is 0 Å². The van der Waals surface area contributed by atoms with E-state index in [9.17, 15) is 14.5 Å². The molecule has 0 aliphatic heterocycles. The summed E-state index contributed by atoms with van der Waals surface area (Å²) in [5.41, 5.74) is -0.783. The zero-order valence-electron chi connectivity index (χ0n) is 5.41. The monoisotopic (exact) mass is 179 g/mol. The van der Waals surface area contributed by atoms with Crippen molar-refractivity contribution < 1.29 is 9.31 Å². The predicted molar refractivity (Wildman–Crippen MR) is 34.8 cm³/mol. The Balaban J connectivity index is 3.34. The van der Waals surface area contributed by atoms with E-state index in [1.807, 2.05) is 0 Å². The highest BCUT2D eigenvalue weighted by molar-refractivity contribution is 6.31. The number of nitrogens with zero attached hydrogens (tertiary/aromatic N) is 3. The Bertz CT molecular complexity index is 311. The van der Waals surface area contributed by atoms with Crippen molar-refractivity contribution in [2.24, 2.45) is 7.05 Å². The van der Waals surface area contributed by atoms with Gasteiger partial charge in [-0.2, -0.15) is 4.39 Å². The fourth-order valence-electron chi connectivity index (χ4n) is 0.612. The minimum atomic E-state index is -1.16. The first-order valence-corrected chi connectivity index (χ1v) is 2.94. The van der Waals surface area contributed by atoms with Crippen LogP contribution < -0.4 is 0 Å². The maximum absolute atomic E-state index is 12.5. The molecule has 1 heterocycles. The first kappa shape index (κ1) is 7.93. The smallest absolute Gasteiger partial charge is 0.258 e. The summed E-state index contributed by atoms with van der Waals surface area (Å²) in [7, 11) is 1.32. The average molecular weight is 180 g/mol. The Morgan fingerprint density at radius 3 is 2.55 bits per heavy atom. The van der Waals surface area contributed by atoms with Crippen LogP contribution in [0, 0.1) is 16.1 Å².